The van der Waals surface area contributed by atoms with Crippen molar-refractivity contribution in [2.45, 2.75) is 0 Å². The number of hydrogen-bond donors (Lipinski definition) is 4. The van der Waals surface area contributed by atoms with Gasteiger partial charge in [0.15, 0.2) is 0 Å². The van der Waals surface area contributed by atoms with Gasteiger partial charge in [-0.05, 0) is 36.4 Å². The summed E-state index contributed by atoms with van der Waals surface area (Å²) < 4.78 is 0. The number of amides is 1. The van der Waals surface area contributed by atoms with Gasteiger partial charge in [-0.25, -0.2) is 4.79 Å². The number of hydrogen-bond acceptors (Lipinski definition) is 5. The largest absolute Gasteiger partial charge is 0.478 e. The summed E-state index contributed by atoms with van der Waals surface area (Å²) in [4.78, 5) is 23.2. The van der Waals surface area contributed by atoms with Crippen LogP contribution in [0, 0.1) is 11.3 Å². The number of nitrogens with one attached hydrogen (secondary N) is 3. The summed E-state index contributed by atoms with van der Waals surface area (Å²) in [6.45, 7) is 0. The molecule has 1 amide bonds. The quantitative estimate of drug-likeness (QED) is 0.414. The standard InChI is InChI=1S/C18H13N5O3/c19-8-13(9-20-14-5-4-12-10-21-23-16(12)7-14)17(24)22-15-3-1-2-11(6-15)18(25)26/h1-7,9-10,20H,(H,21,23)(H,22,24)(H,25,26)/b13-9-. The first kappa shape index (κ1) is 16.7. The Morgan fingerprint density at radius 1 is 1.19 bits per heavy atom. The normalized spacial score (nSPS) is 11.0. The Balaban J connectivity index is 1.73. The third-order valence-corrected chi connectivity index (χ3v) is 3.56. The van der Waals surface area contributed by atoms with Crippen LogP contribution in [-0.2, 0) is 4.79 Å². The highest BCUT2D eigenvalue weighted by molar-refractivity contribution is 6.07. The molecular formula is C18H13N5O3. The van der Waals surface area contributed by atoms with Crippen LogP contribution in [0.2, 0.25) is 0 Å². The molecule has 128 valence electrons. The molecule has 2 aromatic carbocycles. The number of aromatic carboxylic acids is 1. The van der Waals surface area contributed by atoms with Crippen molar-refractivity contribution in [3.63, 3.8) is 0 Å². The molecule has 1 heterocycles. The zero-order chi connectivity index (χ0) is 18.5. The lowest BCUT2D eigenvalue weighted by atomic mass is 10.2. The van der Waals surface area contributed by atoms with Crippen LogP contribution in [-0.4, -0.2) is 27.2 Å². The van der Waals surface area contributed by atoms with Gasteiger partial charge in [0.1, 0.15) is 11.6 Å². The molecule has 0 aliphatic carbocycles. The monoisotopic (exact) mass is 347 g/mol. The van der Waals surface area contributed by atoms with Crippen LogP contribution in [0.3, 0.4) is 0 Å². The first-order valence-corrected chi connectivity index (χ1v) is 7.51. The van der Waals surface area contributed by atoms with Gasteiger partial charge in [0, 0.05) is 23.0 Å². The van der Waals surface area contributed by atoms with E-state index in [-0.39, 0.29) is 16.8 Å². The zero-order valence-electron chi connectivity index (χ0n) is 13.4. The SMILES string of the molecule is N#C/C(=C/Nc1ccc2cn[nH]c2c1)C(=O)Nc1cccc(C(=O)O)c1. The second-order valence-corrected chi connectivity index (χ2v) is 5.33. The third-order valence-electron chi connectivity index (χ3n) is 3.56. The van der Waals surface area contributed by atoms with Gasteiger partial charge in [-0.15, -0.1) is 0 Å². The summed E-state index contributed by atoms with van der Waals surface area (Å²) in [5.41, 5.74) is 1.66. The molecule has 3 aromatic rings. The fourth-order valence-electron chi connectivity index (χ4n) is 2.26. The highest BCUT2D eigenvalue weighted by atomic mass is 16.4. The van der Waals surface area contributed by atoms with E-state index in [2.05, 4.69) is 20.8 Å². The molecule has 26 heavy (non-hydrogen) atoms. The Kier molecular flexibility index (Phi) is 4.63. The maximum atomic E-state index is 12.2. The molecule has 1 aromatic heterocycles. The Bertz CT molecular complexity index is 1060. The number of aromatic amines is 1. The topological polar surface area (TPSA) is 131 Å². The summed E-state index contributed by atoms with van der Waals surface area (Å²) in [7, 11) is 0. The van der Waals surface area contributed by atoms with Crippen molar-refractivity contribution in [3.05, 3.63) is 66.0 Å². The van der Waals surface area contributed by atoms with E-state index >= 15 is 0 Å². The lowest BCUT2D eigenvalue weighted by molar-refractivity contribution is -0.112. The van der Waals surface area contributed by atoms with Gasteiger partial charge >= 0.3 is 5.97 Å². The van der Waals surface area contributed by atoms with Crippen LogP contribution in [0.5, 0.6) is 0 Å². The number of carboxylic acids is 1. The van der Waals surface area contributed by atoms with E-state index in [9.17, 15) is 14.9 Å². The number of aromatic nitrogens is 2. The number of H-pyrrole nitrogens is 1. The second-order valence-electron chi connectivity index (χ2n) is 5.33. The average Bonchev–Trinajstić information content (AvgIpc) is 3.10. The Hall–Kier alpha value is -4.12. The summed E-state index contributed by atoms with van der Waals surface area (Å²) in [6, 6.07) is 13.0. The summed E-state index contributed by atoms with van der Waals surface area (Å²) in [5, 5.41) is 31.3. The van der Waals surface area contributed by atoms with E-state index in [1.807, 2.05) is 12.1 Å². The Morgan fingerprint density at radius 3 is 2.81 bits per heavy atom. The van der Waals surface area contributed by atoms with Crippen LogP contribution in [0.4, 0.5) is 11.4 Å². The Labute approximate surface area is 147 Å². The van der Waals surface area contributed by atoms with Crippen molar-refractivity contribution in [2.75, 3.05) is 10.6 Å². The predicted octanol–water partition coefficient (Wildman–Crippen LogP) is 2.72. The number of carboxylic acid groups (broad SMARTS) is 1. The first-order chi connectivity index (χ1) is 12.6. The number of rotatable bonds is 5. The lowest BCUT2D eigenvalue weighted by Gasteiger charge is -2.06. The van der Waals surface area contributed by atoms with Crippen LogP contribution >= 0.6 is 0 Å². The molecule has 0 spiro atoms. The Morgan fingerprint density at radius 2 is 2.04 bits per heavy atom. The number of nitriles is 1. The molecule has 0 aliphatic heterocycles. The van der Waals surface area contributed by atoms with E-state index in [4.69, 9.17) is 5.11 Å². The van der Waals surface area contributed by atoms with Crippen LogP contribution < -0.4 is 10.6 Å². The molecule has 0 fully saturated rings. The number of anilines is 2. The molecule has 0 aliphatic rings. The molecule has 0 saturated carbocycles. The predicted molar refractivity (Wildman–Crippen MR) is 95.4 cm³/mol. The minimum atomic E-state index is -1.10. The molecule has 0 bridgehead atoms. The number of benzene rings is 2. The molecular weight excluding hydrogens is 334 g/mol. The fourth-order valence-corrected chi connectivity index (χ4v) is 2.26. The van der Waals surface area contributed by atoms with Crippen LogP contribution in [0.25, 0.3) is 10.9 Å². The zero-order valence-corrected chi connectivity index (χ0v) is 13.4. The summed E-state index contributed by atoms with van der Waals surface area (Å²) >= 11 is 0. The molecule has 3 rings (SSSR count). The van der Waals surface area contributed by atoms with Crippen molar-refractivity contribution in [3.8, 4) is 6.07 Å². The van der Waals surface area contributed by atoms with Crippen molar-refractivity contribution >= 4 is 34.2 Å². The molecule has 0 radical (unpaired) electrons. The van der Waals surface area contributed by atoms with Crippen molar-refractivity contribution in [1.82, 2.24) is 10.2 Å². The maximum Gasteiger partial charge on any atom is 0.335 e. The maximum absolute atomic E-state index is 12.2. The molecule has 8 heteroatoms. The summed E-state index contributed by atoms with van der Waals surface area (Å²) in [6.07, 6.45) is 2.97. The minimum absolute atomic E-state index is 0.0382. The highest BCUT2D eigenvalue weighted by Crippen LogP contribution is 2.17. The van der Waals surface area contributed by atoms with E-state index in [0.29, 0.717) is 5.69 Å². The van der Waals surface area contributed by atoms with Crippen LogP contribution in [0.15, 0.2) is 60.4 Å². The van der Waals surface area contributed by atoms with E-state index < -0.39 is 11.9 Å². The third kappa shape index (κ3) is 3.68. The number of carbonyl (C=O) groups excluding carboxylic acids is 1. The van der Waals surface area contributed by atoms with Gasteiger partial charge in [-0.3, -0.25) is 9.89 Å². The van der Waals surface area contributed by atoms with E-state index in [1.165, 1.54) is 24.4 Å². The van der Waals surface area contributed by atoms with Gasteiger partial charge in [0.2, 0.25) is 0 Å². The van der Waals surface area contributed by atoms with Crippen molar-refractivity contribution in [2.24, 2.45) is 0 Å². The van der Waals surface area contributed by atoms with Crippen molar-refractivity contribution in [1.29, 1.82) is 5.26 Å². The van der Waals surface area contributed by atoms with Crippen LogP contribution in [0.1, 0.15) is 10.4 Å². The lowest BCUT2D eigenvalue weighted by Crippen LogP contribution is -2.15. The van der Waals surface area contributed by atoms with E-state index in [1.54, 1.807) is 24.4 Å². The van der Waals surface area contributed by atoms with Gasteiger partial charge in [0.05, 0.1) is 17.3 Å². The molecule has 0 unspecified atom stereocenters. The molecule has 0 saturated heterocycles. The fraction of sp³-hybridized carbons (Fsp3) is 0. The summed E-state index contributed by atoms with van der Waals surface area (Å²) in [5.74, 6) is -1.75. The van der Waals surface area contributed by atoms with E-state index in [0.717, 1.165) is 10.9 Å². The van der Waals surface area contributed by atoms with Gasteiger partial charge in [-0.2, -0.15) is 10.4 Å². The minimum Gasteiger partial charge on any atom is -0.478 e. The highest BCUT2D eigenvalue weighted by Gasteiger charge is 2.11. The molecule has 8 nitrogen and oxygen atoms in total. The van der Waals surface area contributed by atoms with Gasteiger partial charge in [0.25, 0.3) is 5.91 Å². The number of fused-ring (bicyclic) bond motifs is 1. The van der Waals surface area contributed by atoms with Gasteiger partial charge < -0.3 is 15.7 Å². The molecule has 0 atom stereocenters. The van der Waals surface area contributed by atoms with Crippen molar-refractivity contribution < 1.29 is 14.7 Å². The first-order valence-electron chi connectivity index (χ1n) is 7.51. The number of carbonyl (C=O) groups is 2. The second kappa shape index (κ2) is 7.19. The van der Waals surface area contributed by atoms with Gasteiger partial charge in [-0.1, -0.05) is 6.07 Å². The smallest absolute Gasteiger partial charge is 0.335 e. The number of nitrogens with zero attached hydrogens (tertiary/aromatic N) is 2. The molecule has 4 N–H and O–H groups in total. The average molecular weight is 347 g/mol.